The molecule has 0 spiro atoms. The second-order valence-corrected chi connectivity index (χ2v) is 4.89. The van der Waals surface area contributed by atoms with Gasteiger partial charge in [0.25, 0.3) is 5.91 Å². The fraction of sp³-hybridized carbons (Fsp3) is 0.429. The zero-order valence-electron chi connectivity index (χ0n) is 11.5. The normalized spacial score (nSPS) is 14.7. The number of aliphatic imine (C=N–C) groups is 1. The van der Waals surface area contributed by atoms with E-state index in [2.05, 4.69) is 34.4 Å². The Morgan fingerprint density at radius 2 is 2.11 bits per heavy atom. The lowest BCUT2D eigenvalue weighted by Gasteiger charge is -2.17. The molecule has 1 unspecified atom stereocenters. The molecular weight excluding hydrogens is 292 g/mol. The molecule has 1 atom stereocenters. The average molecular weight is 313 g/mol. The van der Waals surface area contributed by atoms with Crippen LogP contribution < -0.4 is 0 Å². The van der Waals surface area contributed by atoms with Crippen LogP contribution in [0.15, 0.2) is 39.9 Å². The highest BCUT2D eigenvalue weighted by atomic mass is 79.9. The third-order valence-corrected chi connectivity index (χ3v) is 3.20. The highest BCUT2D eigenvalue weighted by molar-refractivity contribution is 9.11. The average Bonchev–Trinajstić information content (AvgIpc) is 2.37. The van der Waals surface area contributed by atoms with Crippen molar-refractivity contribution < 1.29 is 4.79 Å². The summed E-state index contributed by atoms with van der Waals surface area (Å²) in [6, 6.07) is 0. The molecule has 3 nitrogen and oxygen atoms in total. The fourth-order valence-electron chi connectivity index (χ4n) is 1.33. The number of likely N-dealkylation sites (N-methyl/N-ethyl adjacent to an activating group) is 1. The predicted molar refractivity (Wildman–Crippen MR) is 81.9 cm³/mol. The van der Waals surface area contributed by atoms with Crippen LogP contribution in [0.3, 0.4) is 0 Å². The first-order valence-electron chi connectivity index (χ1n) is 5.87. The summed E-state index contributed by atoms with van der Waals surface area (Å²) in [4.78, 5) is 17.6. The number of amides is 1. The maximum Gasteiger partial charge on any atom is 0.254 e. The molecule has 1 amide bonds. The van der Waals surface area contributed by atoms with Crippen LogP contribution >= 0.6 is 15.9 Å². The van der Waals surface area contributed by atoms with Gasteiger partial charge in [0.1, 0.15) is 0 Å². The maximum absolute atomic E-state index is 12.2. The van der Waals surface area contributed by atoms with E-state index >= 15 is 0 Å². The van der Waals surface area contributed by atoms with Crippen LogP contribution in [0.2, 0.25) is 0 Å². The number of nitrogens with zero attached hydrogens (tertiary/aromatic N) is 2. The van der Waals surface area contributed by atoms with E-state index in [1.54, 1.807) is 20.2 Å². The molecule has 0 aliphatic carbocycles. The number of hydrogen-bond acceptors (Lipinski definition) is 2. The maximum atomic E-state index is 12.2. The molecular formula is C14H21BrN2O. The van der Waals surface area contributed by atoms with Crippen molar-refractivity contribution in [1.29, 1.82) is 0 Å². The summed E-state index contributed by atoms with van der Waals surface area (Å²) in [6.45, 7) is 7.75. The molecule has 0 aromatic carbocycles. The monoisotopic (exact) mass is 312 g/mol. The Hall–Kier alpha value is -1.16. The number of hydrogen-bond donors (Lipinski definition) is 0. The van der Waals surface area contributed by atoms with Crippen molar-refractivity contribution in [2.45, 2.75) is 20.3 Å². The standard InChI is InChI=1S/C14H21BrN2O/c1-6-11(3)13(9-8-12(15)7-2)14(18)17(5)10-16-4/h7-11H,2,6H2,1,3-5H3/b12-8+,13-9+,16-10?. The Morgan fingerprint density at radius 1 is 1.50 bits per heavy atom. The first kappa shape index (κ1) is 16.8. The Morgan fingerprint density at radius 3 is 2.56 bits per heavy atom. The molecule has 0 saturated carbocycles. The minimum absolute atomic E-state index is 0.0319. The minimum Gasteiger partial charge on any atom is -0.303 e. The summed E-state index contributed by atoms with van der Waals surface area (Å²) in [5, 5.41) is 0. The van der Waals surface area contributed by atoms with E-state index in [1.165, 1.54) is 11.2 Å². The summed E-state index contributed by atoms with van der Waals surface area (Å²) in [7, 11) is 3.35. The molecule has 18 heavy (non-hydrogen) atoms. The van der Waals surface area contributed by atoms with E-state index in [0.717, 1.165) is 16.5 Å². The van der Waals surface area contributed by atoms with Gasteiger partial charge in [-0.1, -0.05) is 48.5 Å². The predicted octanol–water partition coefficient (Wildman–Crippen LogP) is 3.54. The van der Waals surface area contributed by atoms with Gasteiger partial charge in [-0.3, -0.25) is 9.79 Å². The Balaban J connectivity index is 5.24. The second kappa shape index (κ2) is 8.86. The quantitative estimate of drug-likeness (QED) is 0.319. The number of allylic oxidation sites excluding steroid dienone is 4. The highest BCUT2D eigenvalue weighted by Crippen LogP contribution is 2.18. The molecule has 0 saturated heterocycles. The lowest BCUT2D eigenvalue weighted by molar-refractivity contribution is -0.122. The molecule has 100 valence electrons. The third-order valence-electron chi connectivity index (χ3n) is 2.62. The van der Waals surface area contributed by atoms with E-state index in [0.29, 0.717) is 0 Å². The first-order valence-corrected chi connectivity index (χ1v) is 6.66. The largest absolute Gasteiger partial charge is 0.303 e. The van der Waals surface area contributed by atoms with E-state index in [9.17, 15) is 4.79 Å². The van der Waals surface area contributed by atoms with Crippen LogP contribution in [-0.2, 0) is 4.79 Å². The molecule has 0 bridgehead atoms. The van der Waals surface area contributed by atoms with E-state index in [-0.39, 0.29) is 11.8 Å². The Bertz CT molecular complexity index is 383. The van der Waals surface area contributed by atoms with Gasteiger partial charge in [-0.25, -0.2) is 0 Å². The van der Waals surface area contributed by atoms with Crippen LogP contribution in [0.4, 0.5) is 0 Å². The van der Waals surface area contributed by atoms with Gasteiger partial charge in [-0.05, 0) is 18.4 Å². The minimum atomic E-state index is -0.0319. The van der Waals surface area contributed by atoms with Crippen molar-refractivity contribution >= 4 is 28.2 Å². The SMILES string of the molecule is C=C/C(Br)=C\C=C(\C(=O)N(C)C=NC)C(C)CC. The van der Waals surface area contributed by atoms with Gasteiger partial charge in [0, 0.05) is 24.2 Å². The summed E-state index contributed by atoms with van der Waals surface area (Å²) in [5.74, 6) is 0.169. The van der Waals surface area contributed by atoms with Crippen LogP contribution in [0.25, 0.3) is 0 Å². The van der Waals surface area contributed by atoms with Crippen molar-refractivity contribution in [1.82, 2.24) is 4.90 Å². The topological polar surface area (TPSA) is 32.7 Å². The highest BCUT2D eigenvalue weighted by Gasteiger charge is 2.17. The molecule has 0 aliphatic rings. The molecule has 0 heterocycles. The molecule has 0 aromatic rings. The molecule has 0 fully saturated rings. The van der Waals surface area contributed by atoms with Crippen molar-refractivity contribution in [3.63, 3.8) is 0 Å². The van der Waals surface area contributed by atoms with Crippen molar-refractivity contribution in [2.75, 3.05) is 14.1 Å². The van der Waals surface area contributed by atoms with Gasteiger partial charge in [-0.2, -0.15) is 0 Å². The number of rotatable bonds is 6. The lowest BCUT2D eigenvalue weighted by atomic mass is 9.97. The van der Waals surface area contributed by atoms with Crippen LogP contribution in [0, 0.1) is 5.92 Å². The lowest BCUT2D eigenvalue weighted by Crippen LogP contribution is -2.28. The van der Waals surface area contributed by atoms with Gasteiger partial charge >= 0.3 is 0 Å². The van der Waals surface area contributed by atoms with Crippen molar-refractivity contribution in [2.24, 2.45) is 10.9 Å². The van der Waals surface area contributed by atoms with Crippen molar-refractivity contribution in [3.05, 3.63) is 34.9 Å². The summed E-state index contributed by atoms with van der Waals surface area (Å²) >= 11 is 3.34. The molecule has 0 N–H and O–H groups in total. The fourth-order valence-corrected chi connectivity index (χ4v) is 1.47. The van der Waals surface area contributed by atoms with Crippen LogP contribution in [0.1, 0.15) is 20.3 Å². The van der Waals surface area contributed by atoms with E-state index in [4.69, 9.17) is 0 Å². The number of halogens is 1. The number of carbonyl (C=O) groups is 1. The van der Waals surface area contributed by atoms with Crippen molar-refractivity contribution in [3.8, 4) is 0 Å². The van der Waals surface area contributed by atoms with Gasteiger partial charge in [-0.15, -0.1) is 0 Å². The zero-order chi connectivity index (χ0) is 14.1. The second-order valence-electron chi connectivity index (χ2n) is 3.98. The molecule has 0 aliphatic heterocycles. The first-order chi connectivity index (χ1) is 8.47. The molecule has 0 aromatic heterocycles. The smallest absolute Gasteiger partial charge is 0.254 e. The van der Waals surface area contributed by atoms with Gasteiger partial charge in [0.05, 0.1) is 6.34 Å². The van der Waals surface area contributed by atoms with E-state index < -0.39 is 0 Å². The van der Waals surface area contributed by atoms with E-state index in [1.807, 2.05) is 19.1 Å². The third kappa shape index (κ3) is 5.45. The molecule has 4 heteroatoms. The summed E-state index contributed by atoms with van der Waals surface area (Å²) in [6.07, 6.45) is 7.79. The van der Waals surface area contributed by atoms with Crippen LogP contribution in [0.5, 0.6) is 0 Å². The Labute approximate surface area is 118 Å². The Kier molecular flexibility index (Phi) is 8.29. The summed E-state index contributed by atoms with van der Waals surface area (Å²) in [5.41, 5.74) is 0.763. The number of carbonyl (C=O) groups excluding carboxylic acids is 1. The van der Waals surface area contributed by atoms with Crippen LogP contribution in [-0.4, -0.2) is 31.2 Å². The van der Waals surface area contributed by atoms with Gasteiger partial charge in [0.2, 0.25) is 0 Å². The zero-order valence-corrected chi connectivity index (χ0v) is 13.1. The molecule has 0 rings (SSSR count). The van der Waals surface area contributed by atoms with Gasteiger partial charge < -0.3 is 4.90 Å². The molecule has 0 radical (unpaired) electrons. The summed E-state index contributed by atoms with van der Waals surface area (Å²) < 4.78 is 0.850. The van der Waals surface area contributed by atoms with Gasteiger partial charge in [0.15, 0.2) is 0 Å².